The SMILES string of the molecule is CSCCCCCn1c(N)nc2ccc(F)cc21. The number of nitrogens with two attached hydrogens (primary N) is 1. The number of imidazole rings is 1. The zero-order chi connectivity index (χ0) is 13.0. The number of unbranched alkanes of at least 4 members (excludes halogenated alkanes) is 2. The molecule has 2 rings (SSSR count). The van der Waals surface area contributed by atoms with E-state index in [-0.39, 0.29) is 5.82 Å². The van der Waals surface area contributed by atoms with Crippen molar-refractivity contribution in [2.75, 3.05) is 17.7 Å². The molecule has 0 saturated carbocycles. The van der Waals surface area contributed by atoms with Gasteiger partial charge in [0.1, 0.15) is 5.82 Å². The highest BCUT2D eigenvalue weighted by molar-refractivity contribution is 7.98. The van der Waals surface area contributed by atoms with Gasteiger partial charge < -0.3 is 10.3 Å². The first-order valence-electron chi connectivity index (χ1n) is 6.12. The Hall–Kier alpha value is -1.23. The number of halogens is 1. The van der Waals surface area contributed by atoms with E-state index in [4.69, 9.17) is 5.73 Å². The van der Waals surface area contributed by atoms with Crippen LogP contribution in [0.2, 0.25) is 0 Å². The lowest BCUT2D eigenvalue weighted by Crippen LogP contribution is -2.03. The van der Waals surface area contributed by atoms with Gasteiger partial charge in [-0.05, 0) is 43.0 Å². The number of hydrogen-bond donors (Lipinski definition) is 1. The van der Waals surface area contributed by atoms with Crippen molar-refractivity contribution in [2.24, 2.45) is 0 Å². The number of benzene rings is 1. The summed E-state index contributed by atoms with van der Waals surface area (Å²) in [6, 6.07) is 4.59. The summed E-state index contributed by atoms with van der Waals surface area (Å²) in [6.45, 7) is 0.806. The molecule has 3 nitrogen and oxygen atoms in total. The predicted molar refractivity (Wildman–Crippen MR) is 76.3 cm³/mol. The average molecular weight is 267 g/mol. The summed E-state index contributed by atoms with van der Waals surface area (Å²) < 4.78 is 15.1. The average Bonchev–Trinajstić information content (AvgIpc) is 2.65. The molecular formula is C13H18FN3S. The summed E-state index contributed by atoms with van der Waals surface area (Å²) in [5.74, 6) is 1.42. The number of hydrogen-bond acceptors (Lipinski definition) is 3. The Morgan fingerprint density at radius 3 is 2.94 bits per heavy atom. The second-order valence-corrected chi connectivity index (χ2v) is 5.29. The van der Waals surface area contributed by atoms with Crippen LogP contribution in [0.3, 0.4) is 0 Å². The van der Waals surface area contributed by atoms with Gasteiger partial charge in [0.05, 0.1) is 11.0 Å². The minimum atomic E-state index is -0.244. The normalized spacial score (nSPS) is 11.2. The zero-order valence-corrected chi connectivity index (χ0v) is 11.3. The van der Waals surface area contributed by atoms with Crippen LogP contribution in [0.4, 0.5) is 10.3 Å². The molecule has 0 fully saturated rings. The first kappa shape index (κ1) is 13.2. The smallest absolute Gasteiger partial charge is 0.201 e. The summed E-state index contributed by atoms with van der Waals surface area (Å²) in [6.07, 6.45) is 5.54. The van der Waals surface area contributed by atoms with Crippen LogP contribution in [0.15, 0.2) is 18.2 Å². The molecule has 1 aromatic carbocycles. The molecule has 0 amide bonds. The highest BCUT2D eigenvalue weighted by atomic mass is 32.2. The van der Waals surface area contributed by atoms with Crippen molar-refractivity contribution in [1.82, 2.24) is 9.55 Å². The fourth-order valence-electron chi connectivity index (χ4n) is 2.04. The third kappa shape index (κ3) is 2.96. The van der Waals surface area contributed by atoms with Crippen molar-refractivity contribution in [3.8, 4) is 0 Å². The molecule has 1 aromatic heterocycles. The quantitative estimate of drug-likeness (QED) is 0.817. The summed E-state index contributed by atoms with van der Waals surface area (Å²) in [4.78, 5) is 4.24. The predicted octanol–water partition coefficient (Wildman–Crippen LogP) is 3.29. The van der Waals surface area contributed by atoms with E-state index in [0.29, 0.717) is 5.95 Å². The van der Waals surface area contributed by atoms with E-state index in [1.54, 1.807) is 6.07 Å². The van der Waals surface area contributed by atoms with E-state index in [1.807, 2.05) is 16.3 Å². The maximum Gasteiger partial charge on any atom is 0.201 e. The molecule has 0 radical (unpaired) electrons. The molecule has 0 spiro atoms. The molecule has 0 atom stereocenters. The van der Waals surface area contributed by atoms with Crippen LogP contribution >= 0.6 is 11.8 Å². The zero-order valence-electron chi connectivity index (χ0n) is 10.5. The molecule has 0 aliphatic carbocycles. The van der Waals surface area contributed by atoms with Gasteiger partial charge >= 0.3 is 0 Å². The Kier molecular flexibility index (Phi) is 4.47. The summed E-state index contributed by atoms with van der Waals surface area (Å²) in [5, 5.41) is 0. The van der Waals surface area contributed by atoms with Gasteiger partial charge in [0, 0.05) is 6.54 Å². The molecule has 0 unspecified atom stereocenters. The molecule has 98 valence electrons. The minimum Gasteiger partial charge on any atom is -0.369 e. The topological polar surface area (TPSA) is 43.8 Å². The van der Waals surface area contributed by atoms with Crippen LogP contribution < -0.4 is 5.73 Å². The van der Waals surface area contributed by atoms with Crippen LogP contribution in [-0.4, -0.2) is 21.6 Å². The van der Waals surface area contributed by atoms with E-state index in [1.165, 1.54) is 24.3 Å². The van der Waals surface area contributed by atoms with Crippen molar-refractivity contribution in [1.29, 1.82) is 0 Å². The maximum absolute atomic E-state index is 13.2. The largest absolute Gasteiger partial charge is 0.369 e. The standard InChI is InChI=1S/C13H18FN3S/c1-18-8-4-2-3-7-17-12-9-10(14)5-6-11(12)16-13(17)15/h5-6,9H,2-4,7-8H2,1H3,(H2,15,16). The molecule has 5 heteroatoms. The van der Waals surface area contributed by atoms with Gasteiger partial charge in [-0.2, -0.15) is 11.8 Å². The van der Waals surface area contributed by atoms with Gasteiger partial charge in [-0.1, -0.05) is 6.42 Å². The van der Waals surface area contributed by atoms with Crippen molar-refractivity contribution in [2.45, 2.75) is 25.8 Å². The van der Waals surface area contributed by atoms with E-state index in [9.17, 15) is 4.39 Å². The van der Waals surface area contributed by atoms with Crippen molar-refractivity contribution in [3.63, 3.8) is 0 Å². The number of nitrogen functional groups attached to an aromatic ring is 1. The fraction of sp³-hybridized carbons (Fsp3) is 0.462. The van der Waals surface area contributed by atoms with Gasteiger partial charge in [0.2, 0.25) is 5.95 Å². The van der Waals surface area contributed by atoms with Crippen LogP contribution in [0, 0.1) is 5.82 Å². The van der Waals surface area contributed by atoms with Crippen LogP contribution in [0.5, 0.6) is 0 Å². The Morgan fingerprint density at radius 1 is 1.33 bits per heavy atom. The molecule has 1 heterocycles. The number of aryl methyl sites for hydroxylation is 1. The lowest BCUT2D eigenvalue weighted by molar-refractivity contribution is 0.614. The lowest BCUT2D eigenvalue weighted by Gasteiger charge is -2.06. The molecule has 0 aliphatic heterocycles. The van der Waals surface area contributed by atoms with Crippen molar-refractivity contribution >= 4 is 28.7 Å². The second-order valence-electron chi connectivity index (χ2n) is 4.31. The van der Waals surface area contributed by atoms with Gasteiger partial charge in [0.15, 0.2) is 0 Å². The number of aromatic nitrogens is 2. The monoisotopic (exact) mass is 267 g/mol. The Bertz CT molecular complexity index is 524. The second kappa shape index (κ2) is 6.09. The van der Waals surface area contributed by atoms with E-state index < -0.39 is 0 Å². The van der Waals surface area contributed by atoms with Gasteiger partial charge in [0.25, 0.3) is 0 Å². The Labute approximate surface area is 111 Å². The fourth-order valence-corrected chi connectivity index (χ4v) is 2.54. The van der Waals surface area contributed by atoms with Crippen LogP contribution in [-0.2, 0) is 6.54 Å². The molecule has 2 N–H and O–H groups in total. The van der Waals surface area contributed by atoms with Crippen molar-refractivity contribution in [3.05, 3.63) is 24.0 Å². The van der Waals surface area contributed by atoms with Gasteiger partial charge in [-0.25, -0.2) is 9.37 Å². The first-order chi connectivity index (χ1) is 8.72. The van der Waals surface area contributed by atoms with Crippen molar-refractivity contribution < 1.29 is 4.39 Å². The molecular weight excluding hydrogens is 249 g/mol. The Balaban J connectivity index is 2.07. The molecule has 2 aromatic rings. The van der Waals surface area contributed by atoms with Crippen LogP contribution in [0.25, 0.3) is 11.0 Å². The lowest BCUT2D eigenvalue weighted by atomic mass is 10.2. The number of rotatable bonds is 6. The molecule has 0 aliphatic rings. The summed E-state index contributed by atoms with van der Waals surface area (Å²) >= 11 is 1.86. The van der Waals surface area contributed by atoms with E-state index in [2.05, 4.69) is 11.2 Å². The number of fused-ring (bicyclic) bond motifs is 1. The number of nitrogens with zero attached hydrogens (tertiary/aromatic N) is 2. The Morgan fingerprint density at radius 2 is 2.17 bits per heavy atom. The molecule has 0 bridgehead atoms. The van der Waals surface area contributed by atoms with E-state index in [0.717, 1.165) is 30.4 Å². The number of thioether (sulfide) groups is 1. The third-order valence-electron chi connectivity index (χ3n) is 2.97. The molecule has 0 saturated heterocycles. The van der Waals surface area contributed by atoms with Gasteiger partial charge in [-0.15, -0.1) is 0 Å². The van der Waals surface area contributed by atoms with Crippen LogP contribution in [0.1, 0.15) is 19.3 Å². The highest BCUT2D eigenvalue weighted by Gasteiger charge is 2.08. The first-order valence-corrected chi connectivity index (χ1v) is 7.52. The third-order valence-corrected chi connectivity index (χ3v) is 3.67. The molecule has 18 heavy (non-hydrogen) atoms. The summed E-state index contributed by atoms with van der Waals surface area (Å²) in [5.41, 5.74) is 7.42. The highest BCUT2D eigenvalue weighted by Crippen LogP contribution is 2.19. The summed E-state index contributed by atoms with van der Waals surface area (Å²) in [7, 11) is 0. The minimum absolute atomic E-state index is 0.244. The maximum atomic E-state index is 13.2. The van der Waals surface area contributed by atoms with Gasteiger partial charge in [-0.3, -0.25) is 0 Å². The van der Waals surface area contributed by atoms with E-state index >= 15 is 0 Å². The number of anilines is 1.